The second-order valence-electron chi connectivity index (χ2n) is 5.14. The van der Waals surface area contributed by atoms with Gasteiger partial charge < -0.3 is 19.9 Å². The molecule has 1 amide bonds. The van der Waals surface area contributed by atoms with Crippen molar-refractivity contribution in [3.63, 3.8) is 0 Å². The van der Waals surface area contributed by atoms with Gasteiger partial charge in [-0.2, -0.15) is 0 Å². The molecule has 0 bridgehead atoms. The molecule has 0 saturated carbocycles. The summed E-state index contributed by atoms with van der Waals surface area (Å²) in [5.41, 5.74) is 7.53. The van der Waals surface area contributed by atoms with Crippen LogP contribution in [0, 0.1) is 6.92 Å². The number of hydrogen-bond acceptors (Lipinski definition) is 4. The van der Waals surface area contributed by atoms with E-state index in [2.05, 4.69) is 0 Å². The van der Waals surface area contributed by atoms with E-state index in [1.165, 1.54) is 5.56 Å². The SMILES string of the molecule is Cc1ccccc1COc1ccc2c(c1)O[C@@H](C(N)=O)CO2. The minimum Gasteiger partial charge on any atom is -0.489 e. The molecule has 2 N–H and O–H groups in total. The summed E-state index contributed by atoms with van der Waals surface area (Å²) >= 11 is 0. The molecule has 114 valence electrons. The van der Waals surface area contributed by atoms with Crippen molar-refractivity contribution in [1.29, 1.82) is 0 Å². The van der Waals surface area contributed by atoms with E-state index in [1.54, 1.807) is 12.1 Å². The normalized spacial score (nSPS) is 16.1. The van der Waals surface area contributed by atoms with E-state index < -0.39 is 12.0 Å². The number of rotatable bonds is 4. The van der Waals surface area contributed by atoms with Crippen LogP contribution in [0.15, 0.2) is 42.5 Å². The minimum atomic E-state index is -0.765. The first-order chi connectivity index (χ1) is 10.6. The predicted octanol–water partition coefficient (Wildman–Crippen LogP) is 2.20. The van der Waals surface area contributed by atoms with Crippen LogP contribution in [0.1, 0.15) is 11.1 Å². The van der Waals surface area contributed by atoms with Crippen LogP contribution < -0.4 is 19.9 Å². The van der Waals surface area contributed by atoms with Crippen molar-refractivity contribution in [2.45, 2.75) is 19.6 Å². The Labute approximate surface area is 128 Å². The molecular weight excluding hydrogens is 282 g/mol. The summed E-state index contributed by atoms with van der Waals surface area (Å²) in [5, 5.41) is 0. The number of benzene rings is 2. The molecule has 0 aliphatic carbocycles. The van der Waals surface area contributed by atoms with Gasteiger partial charge in [0.1, 0.15) is 19.0 Å². The maximum absolute atomic E-state index is 11.2. The van der Waals surface area contributed by atoms with Gasteiger partial charge in [-0.1, -0.05) is 24.3 Å². The first-order valence-corrected chi connectivity index (χ1v) is 7.03. The summed E-state index contributed by atoms with van der Waals surface area (Å²) in [6, 6.07) is 13.3. The summed E-state index contributed by atoms with van der Waals surface area (Å²) in [6.07, 6.45) is -0.765. The van der Waals surface area contributed by atoms with Crippen LogP contribution in [0.4, 0.5) is 0 Å². The molecule has 1 aliphatic heterocycles. The lowest BCUT2D eigenvalue weighted by molar-refractivity contribution is -0.127. The molecular formula is C17H17NO4. The molecule has 5 nitrogen and oxygen atoms in total. The van der Waals surface area contributed by atoms with Gasteiger partial charge in [-0.3, -0.25) is 4.79 Å². The number of carbonyl (C=O) groups excluding carboxylic acids is 1. The molecule has 0 saturated heterocycles. The van der Waals surface area contributed by atoms with Crippen LogP contribution in [-0.4, -0.2) is 18.6 Å². The first-order valence-electron chi connectivity index (χ1n) is 7.03. The molecule has 2 aromatic rings. The fourth-order valence-electron chi connectivity index (χ4n) is 2.22. The quantitative estimate of drug-likeness (QED) is 0.939. The minimum absolute atomic E-state index is 0.131. The number of amides is 1. The molecule has 5 heteroatoms. The number of nitrogens with two attached hydrogens (primary N) is 1. The predicted molar refractivity (Wildman–Crippen MR) is 81.1 cm³/mol. The van der Waals surface area contributed by atoms with Crippen molar-refractivity contribution in [3.8, 4) is 17.2 Å². The van der Waals surface area contributed by atoms with Gasteiger partial charge >= 0.3 is 0 Å². The third-order valence-electron chi connectivity index (χ3n) is 3.55. The standard InChI is InChI=1S/C17H17NO4/c1-11-4-2-3-5-12(11)9-20-13-6-7-14-15(8-13)22-16(10-21-14)17(18)19/h2-8,16H,9-10H2,1H3,(H2,18,19)/t16-/m1/s1. The average Bonchev–Trinajstić information content (AvgIpc) is 2.53. The Bertz CT molecular complexity index is 699. The molecule has 1 heterocycles. The molecule has 0 radical (unpaired) electrons. The third-order valence-corrected chi connectivity index (χ3v) is 3.55. The van der Waals surface area contributed by atoms with Crippen LogP contribution in [0.25, 0.3) is 0 Å². The number of ether oxygens (including phenoxy) is 3. The zero-order valence-corrected chi connectivity index (χ0v) is 12.2. The molecule has 1 aliphatic rings. The van der Waals surface area contributed by atoms with E-state index in [0.717, 1.165) is 5.56 Å². The maximum atomic E-state index is 11.2. The molecule has 3 rings (SSSR count). The maximum Gasteiger partial charge on any atom is 0.262 e. The molecule has 1 atom stereocenters. The van der Waals surface area contributed by atoms with E-state index in [1.807, 2.05) is 37.3 Å². The summed E-state index contributed by atoms with van der Waals surface area (Å²) in [7, 11) is 0. The lowest BCUT2D eigenvalue weighted by atomic mass is 10.1. The second-order valence-corrected chi connectivity index (χ2v) is 5.14. The van der Waals surface area contributed by atoms with E-state index in [9.17, 15) is 4.79 Å². The van der Waals surface area contributed by atoms with Gasteiger partial charge in [0.2, 0.25) is 6.10 Å². The van der Waals surface area contributed by atoms with Gasteiger partial charge in [-0.25, -0.2) is 0 Å². The van der Waals surface area contributed by atoms with Gasteiger partial charge in [-0.15, -0.1) is 0 Å². The van der Waals surface area contributed by atoms with Crippen molar-refractivity contribution < 1.29 is 19.0 Å². The van der Waals surface area contributed by atoms with Crippen LogP contribution in [0.2, 0.25) is 0 Å². The van der Waals surface area contributed by atoms with Crippen molar-refractivity contribution in [2.75, 3.05) is 6.61 Å². The van der Waals surface area contributed by atoms with Crippen LogP contribution in [0.3, 0.4) is 0 Å². The monoisotopic (exact) mass is 299 g/mol. The van der Waals surface area contributed by atoms with Crippen LogP contribution >= 0.6 is 0 Å². The largest absolute Gasteiger partial charge is 0.489 e. The Hall–Kier alpha value is -2.69. The molecule has 0 unspecified atom stereocenters. The summed E-state index contributed by atoms with van der Waals surface area (Å²) < 4.78 is 16.8. The number of primary amides is 1. The zero-order chi connectivity index (χ0) is 15.5. The van der Waals surface area contributed by atoms with Gasteiger partial charge in [0.05, 0.1) is 0 Å². The van der Waals surface area contributed by atoms with E-state index in [-0.39, 0.29) is 6.61 Å². The lowest BCUT2D eigenvalue weighted by Gasteiger charge is -2.24. The number of hydrogen-bond donors (Lipinski definition) is 1. The Morgan fingerprint density at radius 3 is 2.86 bits per heavy atom. The Morgan fingerprint density at radius 2 is 2.09 bits per heavy atom. The molecule has 0 aromatic heterocycles. The number of carbonyl (C=O) groups is 1. The highest BCUT2D eigenvalue weighted by molar-refractivity contribution is 5.79. The van der Waals surface area contributed by atoms with Crippen LogP contribution in [-0.2, 0) is 11.4 Å². The van der Waals surface area contributed by atoms with Crippen molar-refractivity contribution in [1.82, 2.24) is 0 Å². The highest BCUT2D eigenvalue weighted by Crippen LogP contribution is 2.35. The highest BCUT2D eigenvalue weighted by atomic mass is 16.6. The van der Waals surface area contributed by atoms with E-state index in [4.69, 9.17) is 19.9 Å². The van der Waals surface area contributed by atoms with Crippen molar-refractivity contribution >= 4 is 5.91 Å². The Morgan fingerprint density at radius 1 is 1.27 bits per heavy atom. The van der Waals surface area contributed by atoms with Crippen molar-refractivity contribution in [2.24, 2.45) is 5.73 Å². The smallest absolute Gasteiger partial charge is 0.262 e. The third kappa shape index (κ3) is 2.98. The molecule has 0 fully saturated rings. The number of aryl methyl sites for hydroxylation is 1. The molecule has 0 spiro atoms. The highest BCUT2D eigenvalue weighted by Gasteiger charge is 2.25. The Balaban J connectivity index is 1.72. The summed E-state index contributed by atoms with van der Waals surface area (Å²) in [6.45, 7) is 2.64. The van der Waals surface area contributed by atoms with Crippen molar-refractivity contribution in [3.05, 3.63) is 53.6 Å². The fourth-order valence-corrected chi connectivity index (χ4v) is 2.22. The van der Waals surface area contributed by atoms with Gasteiger partial charge in [0, 0.05) is 6.07 Å². The molecule has 2 aromatic carbocycles. The van der Waals surface area contributed by atoms with Gasteiger partial charge in [0.15, 0.2) is 11.5 Å². The Kier molecular flexibility index (Phi) is 3.87. The molecule has 22 heavy (non-hydrogen) atoms. The summed E-state index contributed by atoms with van der Waals surface area (Å²) in [5.74, 6) is 1.16. The second kappa shape index (κ2) is 5.97. The zero-order valence-electron chi connectivity index (χ0n) is 12.2. The fraction of sp³-hybridized carbons (Fsp3) is 0.235. The van der Waals surface area contributed by atoms with Crippen LogP contribution in [0.5, 0.6) is 17.2 Å². The average molecular weight is 299 g/mol. The van der Waals surface area contributed by atoms with Gasteiger partial charge in [-0.05, 0) is 30.2 Å². The number of fused-ring (bicyclic) bond motifs is 1. The van der Waals surface area contributed by atoms with Gasteiger partial charge in [0.25, 0.3) is 5.91 Å². The van der Waals surface area contributed by atoms with E-state index >= 15 is 0 Å². The first kappa shape index (κ1) is 14.3. The lowest BCUT2D eigenvalue weighted by Crippen LogP contribution is -2.40. The van der Waals surface area contributed by atoms with E-state index in [0.29, 0.717) is 23.9 Å². The summed E-state index contributed by atoms with van der Waals surface area (Å²) in [4.78, 5) is 11.2. The topological polar surface area (TPSA) is 70.8 Å².